The highest BCUT2D eigenvalue weighted by Gasteiger charge is 2.39. The van der Waals surface area contributed by atoms with Gasteiger partial charge in [-0.3, -0.25) is 0 Å². The van der Waals surface area contributed by atoms with Gasteiger partial charge in [-0.15, -0.1) is 6.58 Å². The summed E-state index contributed by atoms with van der Waals surface area (Å²) in [5.74, 6) is -1.24. The van der Waals surface area contributed by atoms with Crippen LogP contribution in [-0.2, 0) is 0 Å². The number of allylic oxidation sites excluding steroid dienone is 1. The van der Waals surface area contributed by atoms with Crippen molar-refractivity contribution >= 4 is 0 Å². The second-order valence-corrected chi connectivity index (χ2v) is 2.38. The summed E-state index contributed by atoms with van der Waals surface area (Å²) in [5, 5.41) is 34.5. The molecule has 0 aliphatic rings. The van der Waals surface area contributed by atoms with Crippen LogP contribution in [0.25, 0.3) is 0 Å². The predicted molar refractivity (Wildman–Crippen MR) is 43.2 cm³/mol. The van der Waals surface area contributed by atoms with Gasteiger partial charge in [0, 0.05) is 0 Å². The Morgan fingerprint density at radius 1 is 1.15 bits per heavy atom. The Labute approximate surface area is 76.5 Å². The van der Waals surface area contributed by atoms with Crippen LogP contribution in [0, 0.1) is 56.7 Å². The van der Waals surface area contributed by atoms with Gasteiger partial charge in [-0.2, -0.15) is 21.0 Å². The lowest BCUT2D eigenvalue weighted by molar-refractivity contribution is 0.464. The molecule has 4 heteroatoms. The van der Waals surface area contributed by atoms with Crippen molar-refractivity contribution in [2.24, 2.45) is 11.3 Å². The van der Waals surface area contributed by atoms with Gasteiger partial charge in [0.25, 0.3) is 0 Å². The van der Waals surface area contributed by atoms with Crippen molar-refractivity contribution in [1.82, 2.24) is 0 Å². The zero-order valence-corrected chi connectivity index (χ0v) is 6.86. The van der Waals surface area contributed by atoms with Crippen LogP contribution in [-0.4, -0.2) is 0 Å². The quantitative estimate of drug-likeness (QED) is 0.595. The molecule has 0 N–H and O–H groups in total. The van der Waals surface area contributed by atoms with Crippen molar-refractivity contribution in [3.05, 3.63) is 12.7 Å². The number of nitriles is 4. The Hall–Kier alpha value is -2.30. The van der Waals surface area contributed by atoms with E-state index in [1.165, 1.54) is 6.08 Å². The third kappa shape index (κ3) is 1.84. The van der Waals surface area contributed by atoms with E-state index >= 15 is 0 Å². The highest BCUT2D eigenvalue weighted by atomic mass is 14.5. The number of hydrogen-bond acceptors (Lipinski definition) is 4. The van der Waals surface area contributed by atoms with Crippen molar-refractivity contribution in [2.45, 2.75) is 6.42 Å². The number of hydrogen-bond donors (Lipinski definition) is 0. The monoisotopic (exact) mass is 170 g/mol. The van der Waals surface area contributed by atoms with Gasteiger partial charge in [0.15, 0.2) is 11.3 Å². The molecule has 0 heterocycles. The SMILES string of the molecule is C=CCC(C#N)(C#N)C(C#N)C#N. The maximum atomic E-state index is 8.72. The lowest BCUT2D eigenvalue weighted by Gasteiger charge is -2.15. The minimum atomic E-state index is -1.58. The minimum Gasteiger partial charge on any atom is -0.197 e. The van der Waals surface area contributed by atoms with Crippen LogP contribution in [0.5, 0.6) is 0 Å². The molecule has 0 saturated carbocycles. The van der Waals surface area contributed by atoms with Crippen LogP contribution in [0.15, 0.2) is 12.7 Å². The molecule has 0 aromatic carbocycles. The first-order chi connectivity index (χ1) is 6.20. The Balaban J connectivity index is 5.17. The summed E-state index contributed by atoms with van der Waals surface area (Å²) in [6.07, 6.45) is 1.37. The van der Waals surface area contributed by atoms with Gasteiger partial charge in [-0.1, -0.05) is 6.08 Å². The van der Waals surface area contributed by atoms with Gasteiger partial charge >= 0.3 is 0 Å². The highest BCUT2D eigenvalue weighted by Crippen LogP contribution is 2.29. The van der Waals surface area contributed by atoms with Crippen LogP contribution in [0.4, 0.5) is 0 Å². The average molecular weight is 170 g/mol. The van der Waals surface area contributed by atoms with E-state index in [4.69, 9.17) is 21.0 Å². The van der Waals surface area contributed by atoms with E-state index < -0.39 is 11.3 Å². The molecule has 0 unspecified atom stereocenters. The van der Waals surface area contributed by atoms with Crippen molar-refractivity contribution in [3.8, 4) is 24.3 Å². The Morgan fingerprint density at radius 3 is 1.85 bits per heavy atom. The van der Waals surface area contributed by atoms with Gasteiger partial charge in [-0.25, -0.2) is 0 Å². The maximum absolute atomic E-state index is 8.72. The first-order valence-electron chi connectivity index (χ1n) is 3.43. The maximum Gasteiger partial charge on any atom is 0.175 e. The molecule has 13 heavy (non-hydrogen) atoms. The van der Waals surface area contributed by atoms with Gasteiger partial charge in [0.1, 0.15) is 0 Å². The molecule has 0 fully saturated rings. The molecule has 0 aromatic heterocycles. The molecule has 62 valence electrons. The normalized spacial score (nSPS) is 9.00. The van der Waals surface area contributed by atoms with E-state index in [1.807, 2.05) is 0 Å². The molecule has 0 spiro atoms. The molecule has 0 bridgehead atoms. The summed E-state index contributed by atoms with van der Waals surface area (Å²) in [4.78, 5) is 0. The van der Waals surface area contributed by atoms with E-state index in [-0.39, 0.29) is 6.42 Å². The van der Waals surface area contributed by atoms with Gasteiger partial charge < -0.3 is 0 Å². The summed E-state index contributed by atoms with van der Waals surface area (Å²) >= 11 is 0. The van der Waals surface area contributed by atoms with E-state index in [1.54, 1.807) is 24.3 Å². The second-order valence-electron chi connectivity index (χ2n) is 2.38. The first kappa shape index (κ1) is 10.7. The third-order valence-corrected chi connectivity index (χ3v) is 1.62. The summed E-state index contributed by atoms with van der Waals surface area (Å²) in [5.41, 5.74) is -1.58. The van der Waals surface area contributed by atoms with E-state index in [0.717, 1.165) is 0 Å². The second kappa shape index (κ2) is 4.55. The zero-order chi connectivity index (χ0) is 10.3. The molecule has 0 saturated heterocycles. The van der Waals surface area contributed by atoms with Crippen LogP contribution in [0.3, 0.4) is 0 Å². The van der Waals surface area contributed by atoms with Crippen molar-refractivity contribution < 1.29 is 0 Å². The third-order valence-electron chi connectivity index (χ3n) is 1.62. The van der Waals surface area contributed by atoms with E-state index in [0.29, 0.717) is 0 Å². The molecule has 0 aromatic rings. The minimum absolute atomic E-state index is 0.0196. The molecule has 0 radical (unpaired) electrons. The molecular weight excluding hydrogens is 164 g/mol. The lowest BCUT2D eigenvalue weighted by Crippen LogP contribution is -2.24. The van der Waals surface area contributed by atoms with Crippen LogP contribution in [0.1, 0.15) is 6.42 Å². The summed E-state index contributed by atoms with van der Waals surface area (Å²) in [6.45, 7) is 3.37. The topological polar surface area (TPSA) is 95.2 Å². The highest BCUT2D eigenvalue weighted by molar-refractivity contribution is 5.27. The summed E-state index contributed by atoms with van der Waals surface area (Å²) in [7, 11) is 0. The van der Waals surface area contributed by atoms with E-state index in [2.05, 4.69) is 6.58 Å². The van der Waals surface area contributed by atoms with Gasteiger partial charge in [0.2, 0.25) is 0 Å². The molecule has 0 amide bonds. The predicted octanol–water partition coefficient (Wildman–Crippen LogP) is 1.26. The Morgan fingerprint density at radius 2 is 1.62 bits per heavy atom. The summed E-state index contributed by atoms with van der Waals surface area (Å²) < 4.78 is 0. The fourth-order valence-electron chi connectivity index (χ4n) is 0.840. The zero-order valence-electron chi connectivity index (χ0n) is 6.86. The summed E-state index contributed by atoms with van der Waals surface area (Å²) in [6, 6.07) is 6.63. The average Bonchev–Trinajstić information content (AvgIpc) is 2.18. The van der Waals surface area contributed by atoms with Crippen LogP contribution >= 0.6 is 0 Å². The van der Waals surface area contributed by atoms with Crippen LogP contribution in [0.2, 0.25) is 0 Å². The fourth-order valence-corrected chi connectivity index (χ4v) is 0.840. The largest absolute Gasteiger partial charge is 0.197 e. The van der Waals surface area contributed by atoms with Crippen molar-refractivity contribution in [1.29, 1.82) is 21.0 Å². The van der Waals surface area contributed by atoms with Gasteiger partial charge in [0.05, 0.1) is 24.3 Å². The smallest absolute Gasteiger partial charge is 0.175 e. The molecule has 0 rings (SSSR count). The van der Waals surface area contributed by atoms with Crippen molar-refractivity contribution in [3.63, 3.8) is 0 Å². The molecule has 4 nitrogen and oxygen atoms in total. The first-order valence-corrected chi connectivity index (χ1v) is 3.43. The lowest BCUT2D eigenvalue weighted by atomic mass is 9.77. The number of rotatable bonds is 3. The van der Waals surface area contributed by atoms with Crippen molar-refractivity contribution in [2.75, 3.05) is 0 Å². The fraction of sp³-hybridized carbons (Fsp3) is 0.333. The van der Waals surface area contributed by atoms with Crippen LogP contribution < -0.4 is 0 Å². The van der Waals surface area contributed by atoms with E-state index in [9.17, 15) is 0 Å². The number of nitrogens with zero attached hydrogens (tertiary/aromatic N) is 4. The van der Waals surface area contributed by atoms with Gasteiger partial charge in [-0.05, 0) is 6.42 Å². The Bertz CT molecular complexity index is 327. The Kier molecular flexibility index (Phi) is 3.75. The molecule has 0 atom stereocenters. The molecule has 0 aliphatic heterocycles. The standard InChI is InChI=1S/C9H6N4/c1-2-3-9(6-12,7-13)8(4-10)5-11/h2,8H,1,3H2. The molecule has 0 aliphatic carbocycles. The molecular formula is C9H6N4.